The minimum atomic E-state index is 0.904. The lowest BCUT2D eigenvalue weighted by Crippen LogP contribution is -2.16. The summed E-state index contributed by atoms with van der Waals surface area (Å²) in [6.07, 6.45) is 1.82. The fourth-order valence-electron chi connectivity index (χ4n) is 1.85. The van der Waals surface area contributed by atoms with E-state index in [0.717, 1.165) is 17.5 Å². The molecule has 0 aliphatic rings. The van der Waals surface area contributed by atoms with Crippen LogP contribution in [0, 0.1) is 13.8 Å². The predicted octanol–water partition coefficient (Wildman–Crippen LogP) is 2.93. The Morgan fingerprint density at radius 3 is 2.11 bits per heavy atom. The van der Waals surface area contributed by atoms with Crippen LogP contribution in [0.15, 0.2) is 30.5 Å². The van der Waals surface area contributed by atoms with Gasteiger partial charge in [-0.15, -0.1) is 0 Å². The lowest BCUT2D eigenvalue weighted by molar-refractivity contribution is 1.02. The number of aromatic nitrogens is 2. The summed E-state index contributed by atoms with van der Waals surface area (Å²) in [5.74, 6) is 2.76. The minimum absolute atomic E-state index is 0.904. The molecule has 2 aromatic rings. The lowest BCUT2D eigenvalue weighted by Gasteiger charge is -2.20. The van der Waals surface area contributed by atoms with Crippen LogP contribution < -0.4 is 9.80 Å². The van der Waals surface area contributed by atoms with Crippen molar-refractivity contribution in [3.05, 3.63) is 41.6 Å². The van der Waals surface area contributed by atoms with Crippen LogP contribution in [0.4, 0.5) is 17.5 Å². The maximum Gasteiger partial charge on any atom is 0.136 e. The molecule has 0 aliphatic heterocycles. The molecular weight excluding hydrogens is 236 g/mol. The maximum atomic E-state index is 4.65. The summed E-state index contributed by atoms with van der Waals surface area (Å²) in [6.45, 7) is 4.14. The van der Waals surface area contributed by atoms with E-state index in [4.69, 9.17) is 0 Å². The van der Waals surface area contributed by atoms with Crippen LogP contribution in [0.25, 0.3) is 0 Å². The molecule has 0 unspecified atom stereocenters. The Hall–Kier alpha value is -2.10. The van der Waals surface area contributed by atoms with Crippen molar-refractivity contribution >= 4 is 17.5 Å². The highest BCUT2D eigenvalue weighted by molar-refractivity contribution is 5.59. The van der Waals surface area contributed by atoms with E-state index in [1.165, 1.54) is 11.1 Å². The Kier molecular flexibility index (Phi) is 3.69. The third-order valence-corrected chi connectivity index (χ3v) is 2.99. The quantitative estimate of drug-likeness (QED) is 0.845. The van der Waals surface area contributed by atoms with Gasteiger partial charge in [-0.2, -0.15) is 0 Å². The monoisotopic (exact) mass is 256 g/mol. The maximum absolute atomic E-state index is 4.65. The largest absolute Gasteiger partial charge is 0.363 e. The van der Waals surface area contributed by atoms with E-state index >= 15 is 0 Å². The zero-order chi connectivity index (χ0) is 14.0. The lowest BCUT2D eigenvalue weighted by atomic mass is 10.2. The van der Waals surface area contributed by atoms with Crippen molar-refractivity contribution in [1.82, 2.24) is 9.97 Å². The molecule has 0 saturated carbocycles. The van der Waals surface area contributed by atoms with Crippen LogP contribution in [0.2, 0.25) is 0 Å². The van der Waals surface area contributed by atoms with Gasteiger partial charge in [-0.1, -0.05) is 0 Å². The first-order valence-electron chi connectivity index (χ1n) is 6.30. The number of rotatable bonds is 3. The molecule has 0 spiro atoms. The SMILES string of the molecule is Cc1ccnc(N(C)c2cc(C)cc(N(C)C)n2)c1. The Balaban J connectivity index is 2.41. The summed E-state index contributed by atoms with van der Waals surface area (Å²) in [7, 11) is 5.98. The molecule has 19 heavy (non-hydrogen) atoms. The molecule has 4 nitrogen and oxygen atoms in total. The zero-order valence-electron chi connectivity index (χ0n) is 12.2. The molecule has 2 rings (SSSR count). The standard InChI is InChI=1S/C15H20N4/c1-11-6-7-16-13(8-11)19(5)15-10-12(2)9-14(17-15)18(3)4/h6-10H,1-5H3. The predicted molar refractivity (Wildman–Crippen MR) is 80.3 cm³/mol. The van der Waals surface area contributed by atoms with Crippen molar-refractivity contribution in [3.8, 4) is 0 Å². The fourth-order valence-corrected chi connectivity index (χ4v) is 1.85. The van der Waals surface area contributed by atoms with Crippen molar-refractivity contribution in [2.75, 3.05) is 30.9 Å². The average molecular weight is 256 g/mol. The van der Waals surface area contributed by atoms with Gasteiger partial charge in [0.1, 0.15) is 17.5 Å². The molecule has 100 valence electrons. The van der Waals surface area contributed by atoms with Gasteiger partial charge in [-0.05, 0) is 49.2 Å². The molecule has 0 fully saturated rings. The van der Waals surface area contributed by atoms with Crippen LogP contribution in [-0.2, 0) is 0 Å². The molecule has 2 aromatic heterocycles. The van der Waals surface area contributed by atoms with Crippen molar-refractivity contribution in [2.24, 2.45) is 0 Å². The summed E-state index contributed by atoms with van der Waals surface area (Å²) in [4.78, 5) is 13.1. The first kappa shape index (κ1) is 13.3. The first-order chi connectivity index (χ1) is 8.97. The van der Waals surface area contributed by atoms with Crippen LogP contribution in [0.3, 0.4) is 0 Å². The molecule has 0 amide bonds. The molecule has 0 aliphatic carbocycles. The van der Waals surface area contributed by atoms with Gasteiger partial charge >= 0.3 is 0 Å². The van der Waals surface area contributed by atoms with E-state index < -0.39 is 0 Å². The molecule has 0 saturated heterocycles. The summed E-state index contributed by atoms with van der Waals surface area (Å²) in [5.41, 5.74) is 2.38. The minimum Gasteiger partial charge on any atom is -0.363 e. The summed E-state index contributed by atoms with van der Waals surface area (Å²) in [5, 5.41) is 0. The van der Waals surface area contributed by atoms with Gasteiger partial charge in [-0.25, -0.2) is 9.97 Å². The van der Waals surface area contributed by atoms with Gasteiger partial charge in [0.05, 0.1) is 0 Å². The molecule has 0 radical (unpaired) electrons. The highest BCUT2D eigenvalue weighted by Gasteiger charge is 2.09. The summed E-state index contributed by atoms with van der Waals surface area (Å²) in [6, 6.07) is 8.18. The van der Waals surface area contributed by atoms with Crippen LogP contribution in [-0.4, -0.2) is 31.1 Å². The van der Waals surface area contributed by atoms with E-state index in [0.29, 0.717) is 0 Å². The second kappa shape index (κ2) is 5.26. The Bertz CT molecular complexity index is 578. The number of hydrogen-bond donors (Lipinski definition) is 0. The average Bonchev–Trinajstić information content (AvgIpc) is 2.37. The second-order valence-electron chi connectivity index (χ2n) is 5.01. The number of pyridine rings is 2. The molecule has 0 N–H and O–H groups in total. The van der Waals surface area contributed by atoms with Gasteiger partial charge in [0.15, 0.2) is 0 Å². The molecular formula is C15H20N4. The van der Waals surface area contributed by atoms with Gasteiger partial charge in [-0.3, -0.25) is 0 Å². The molecule has 4 heteroatoms. The van der Waals surface area contributed by atoms with E-state index in [9.17, 15) is 0 Å². The third-order valence-electron chi connectivity index (χ3n) is 2.99. The number of anilines is 3. The van der Waals surface area contributed by atoms with E-state index in [1.54, 1.807) is 0 Å². The van der Waals surface area contributed by atoms with Gasteiger partial charge in [0, 0.05) is 27.3 Å². The van der Waals surface area contributed by atoms with Gasteiger partial charge in [0.25, 0.3) is 0 Å². The normalized spacial score (nSPS) is 10.4. The van der Waals surface area contributed by atoms with Gasteiger partial charge < -0.3 is 9.80 Å². The highest BCUT2D eigenvalue weighted by atomic mass is 15.2. The zero-order valence-corrected chi connectivity index (χ0v) is 12.2. The third kappa shape index (κ3) is 3.02. The van der Waals surface area contributed by atoms with Crippen molar-refractivity contribution in [1.29, 1.82) is 0 Å². The van der Waals surface area contributed by atoms with Crippen LogP contribution in [0.1, 0.15) is 11.1 Å². The van der Waals surface area contributed by atoms with Crippen LogP contribution >= 0.6 is 0 Å². The fraction of sp³-hybridized carbons (Fsp3) is 0.333. The molecule has 2 heterocycles. The van der Waals surface area contributed by atoms with Crippen molar-refractivity contribution in [3.63, 3.8) is 0 Å². The topological polar surface area (TPSA) is 32.3 Å². The molecule has 0 aromatic carbocycles. The second-order valence-corrected chi connectivity index (χ2v) is 5.01. The van der Waals surface area contributed by atoms with E-state index in [1.807, 2.05) is 43.2 Å². The number of aryl methyl sites for hydroxylation is 2. The van der Waals surface area contributed by atoms with E-state index in [2.05, 4.69) is 42.0 Å². The van der Waals surface area contributed by atoms with E-state index in [-0.39, 0.29) is 0 Å². The molecule has 0 atom stereocenters. The highest BCUT2D eigenvalue weighted by Crippen LogP contribution is 2.24. The number of nitrogens with zero attached hydrogens (tertiary/aromatic N) is 4. The first-order valence-corrected chi connectivity index (χ1v) is 6.30. The van der Waals surface area contributed by atoms with Crippen molar-refractivity contribution < 1.29 is 0 Å². The summed E-state index contributed by atoms with van der Waals surface area (Å²) < 4.78 is 0. The number of hydrogen-bond acceptors (Lipinski definition) is 4. The smallest absolute Gasteiger partial charge is 0.136 e. The Labute approximate surface area is 114 Å². The molecule has 0 bridgehead atoms. The Morgan fingerprint density at radius 2 is 1.47 bits per heavy atom. The van der Waals surface area contributed by atoms with Gasteiger partial charge in [0.2, 0.25) is 0 Å². The van der Waals surface area contributed by atoms with Crippen LogP contribution in [0.5, 0.6) is 0 Å². The summed E-state index contributed by atoms with van der Waals surface area (Å²) >= 11 is 0. The van der Waals surface area contributed by atoms with Crippen molar-refractivity contribution in [2.45, 2.75) is 13.8 Å². The Morgan fingerprint density at radius 1 is 0.842 bits per heavy atom.